The smallest absolute Gasteiger partial charge is 0.219 e. The topological polar surface area (TPSA) is 31.4 Å². The molecule has 0 aliphatic rings. The monoisotopic (exact) mass is 563 g/mol. The molecule has 1 aromatic rings. The predicted octanol–water partition coefficient (Wildman–Crippen LogP) is 9.15. The number of hydrogen-bond donors (Lipinski definition) is 2. The van der Waals surface area contributed by atoms with E-state index in [0.717, 1.165) is 46.3 Å². The summed E-state index contributed by atoms with van der Waals surface area (Å²) < 4.78 is 12.1. The number of nitrogens with zero attached hydrogens (tertiary/aromatic N) is 1. The molecule has 3 nitrogen and oxygen atoms in total. The largest absolute Gasteiger partial charge is 0.479 e. The van der Waals surface area contributed by atoms with E-state index in [0.29, 0.717) is 0 Å². The first kappa shape index (κ1) is 36.4. The summed E-state index contributed by atoms with van der Waals surface area (Å²) in [6.07, 6.45) is 11.2. The predicted molar refractivity (Wildman–Crippen MR) is 162 cm³/mol. The van der Waals surface area contributed by atoms with Gasteiger partial charge in [0.05, 0.1) is 18.7 Å². The summed E-state index contributed by atoms with van der Waals surface area (Å²) in [6.45, 7) is 10.2. The van der Waals surface area contributed by atoms with Crippen molar-refractivity contribution in [2.45, 2.75) is 79.1 Å². The number of thiocarbonyl (C=S) groups is 2. The summed E-state index contributed by atoms with van der Waals surface area (Å²) in [5.74, 6) is 2.20. The lowest BCUT2D eigenvalue weighted by atomic mass is 10.4. The summed E-state index contributed by atoms with van der Waals surface area (Å²) >= 11 is 21.4. The van der Waals surface area contributed by atoms with Gasteiger partial charge in [0.2, 0.25) is 8.77 Å². The molecule has 0 aromatic carbocycles. The van der Waals surface area contributed by atoms with Crippen molar-refractivity contribution in [3.63, 3.8) is 0 Å². The Morgan fingerprint density at radius 2 is 1.23 bits per heavy atom. The van der Waals surface area contributed by atoms with Gasteiger partial charge in [-0.15, -0.1) is 34.7 Å². The first-order chi connectivity index (χ1) is 15.1. The average Bonchev–Trinajstić information content (AvgIpc) is 3.37. The molecule has 0 aliphatic carbocycles. The highest BCUT2D eigenvalue weighted by Crippen LogP contribution is 2.10. The van der Waals surface area contributed by atoms with Gasteiger partial charge in [-0.05, 0) is 50.1 Å². The van der Waals surface area contributed by atoms with Crippen LogP contribution in [0.3, 0.4) is 0 Å². The molecule has 1 heterocycles. The van der Waals surface area contributed by atoms with Crippen LogP contribution in [0.4, 0.5) is 0 Å². The Morgan fingerprint density at radius 3 is 1.48 bits per heavy atom. The number of thioether (sulfide) groups is 2. The van der Waals surface area contributed by atoms with Crippen LogP contribution < -0.4 is 0 Å². The molecular formula is C21H41NO2S7. The van der Waals surface area contributed by atoms with Gasteiger partial charge < -0.3 is 9.47 Å². The van der Waals surface area contributed by atoms with Gasteiger partial charge in [0, 0.05) is 23.1 Å². The van der Waals surface area contributed by atoms with Crippen molar-refractivity contribution in [1.29, 1.82) is 0 Å². The highest BCUT2D eigenvalue weighted by molar-refractivity contribution is 8.59. The number of thiazole rings is 1. The lowest BCUT2D eigenvalue weighted by molar-refractivity contribution is 0.313. The number of thiol groups is 2. The van der Waals surface area contributed by atoms with Gasteiger partial charge >= 0.3 is 0 Å². The Kier molecular flexibility index (Phi) is 41.5. The van der Waals surface area contributed by atoms with E-state index in [1.807, 2.05) is 5.38 Å². The van der Waals surface area contributed by atoms with E-state index in [9.17, 15) is 0 Å². The summed E-state index contributed by atoms with van der Waals surface area (Å²) in [4.78, 5) is 3.74. The van der Waals surface area contributed by atoms with Crippen LogP contribution in [0.1, 0.15) is 79.1 Å². The van der Waals surface area contributed by atoms with Crippen molar-refractivity contribution in [3.8, 4) is 0 Å². The molecule has 0 saturated carbocycles. The molecule has 1 aromatic heterocycles. The van der Waals surface area contributed by atoms with Crippen LogP contribution in [0, 0.1) is 0 Å². The Morgan fingerprint density at radius 1 is 0.806 bits per heavy atom. The quantitative estimate of drug-likeness (QED) is 0.113. The fourth-order valence-corrected chi connectivity index (χ4v) is 4.01. The second kappa shape index (κ2) is 35.4. The number of aromatic nitrogens is 1. The standard InChI is InChI=1S/2C9H18OS2.C3H3NS.H2S2/c2*1-3-5-7-10-9(11)12-8-6-4-2;1-2-5-3-4-1;1-2/h2*3-8H2,1-2H3;1-3H;1-2H. The van der Waals surface area contributed by atoms with E-state index < -0.39 is 0 Å². The van der Waals surface area contributed by atoms with Gasteiger partial charge in [-0.2, -0.15) is 0 Å². The third kappa shape index (κ3) is 38.4. The summed E-state index contributed by atoms with van der Waals surface area (Å²) in [5.41, 5.74) is 1.79. The maximum atomic E-state index is 5.32. The van der Waals surface area contributed by atoms with Crippen molar-refractivity contribution in [1.82, 2.24) is 4.98 Å². The van der Waals surface area contributed by atoms with Crippen LogP contribution in [0.25, 0.3) is 0 Å². The molecule has 0 N–H and O–H groups in total. The van der Waals surface area contributed by atoms with Gasteiger partial charge in [0.15, 0.2) is 0 Å². The Labute approximate surface area is 225 Å². The Bertz CT molecular complexity index is 380. The minimum atomic E-state index is 0.719. The minimum absolute atomic E-state index is 0.719. The summed E-state index contributed by atoms with van der Waals surface area (Å²) in [7, 11) is 0. The fraction of sp³-hybridized carbons (Fsp3) is 0.762. The molecule has 0 amide bonds. The van der Waals surface area contributed by atoms with E-state index in [1.165, 1.54) is 38.5 Å². The number of ether oxygens (including phenoxy) is 2. The van der Waals surface area contributed by atoms with Crippen molar-refractivity contribution in [2.24, 2.45) is 0 Å². The lowest BCUT2D eigenvalue weighted by Gasteiger charge is -2.04. The first-order valence-electron chi connectivity index (χ1n) is 10.7. The molecule has 0 fully saturated rings. The molecule has 0 bridgehead atoms. The van der Waals surface area contributed by atoms with E-state index >= 15 is 0 Å². The molecule has 10 heteroatoms. The lowest BCUT2D eigenvalue weighted by Crippen LogP contribution is -1.99. The fourth-order valence-electron chi connectivity index (χ4n) is 1.46. The SMILES string of the molecule is CCCCOC(=S)SCCCC.CCCCOC(=S)SCCCC.SS.c1cscn1. The summed E-state index contributed by atoms with van der Waals surface area (Å²) in [5, 5.41) is 1.93. The molecule has 1 rings (SSSR count). The maximum absolute atomic E-state index is 5.32. The van der Waals surface area contributed by atoms with Crippen LogP contribution in [-0.4, -0.2) is 38.5 Å². The van der Waals surface area contributed by atoms with E-state index in [4.69, 9.17) is 33.9 Å². The van der Waals surface area contributed by atoms with Crippen LogP contribution >= 0.6 is 82.6 Å². The summed E-state index contributed by atoms with van der Waals surface area (Å²) in [6, 6.07) is 0. The van der Waals surface area contributed by atoms with E-state index in [1.54, 1.807) is 46.6 Å². The molecule has 0 radical (unpaired) electrons. The van der Waals surface area contributed by atoms with E-state index in [-0.39, 0.29) is 0 Å². The van der Waals surface area contributed by atoms with Gasteiger partial charge in [-0.3, -0.25) is 4.98 Å². The normalized spacial score (nSPS) is 9.10. The molecular weight excluding hydrogens is 523 g/mol. The van der Waals surface area contributed by atoms with Crippen molar-refractivity contribution >= 4 is 91.4 Å². The van der Waals surface area contributed by atoms with Crippen LogP contribution in [-0.2, 0) is 9.47 Å². The molecule has 0 unspecified atom stereocenters. The zero-order valence-corrected chi connectivity index (χ0v) is 25.3. The van der Waals surface area contributed by atoms with Crippen molar-refractivity contribution in [3.05, 3.63) is 17.1 Å². The maximum Gasteiger partial charge on any atom is 0.219 e. The van der Waals surface area contributed by atoms with Crippen LogP contribution in [0.15, 0.2) is 17.1 Å². The average molecular weight is 564 g/mol. The van der Waals surface area contributed by atoms with Crippen molar-refractivity contribution in [2.75, 3.05) is 24.7 Å². The van der Waals surface area contributed by atoms with Gasteiger partial charge in [-0.1, -0.05) is 76.9 Å². The highest BCUT2D eigenvalue weighted by Gasteiger charge is 1.97. The highest BCUT2D eigenvalue weighted by atomic mass is 33.1. The number of unbranched alkanes of at least 4 members (excludes halogenated alkanes) is 4. The molecule has 31 heavy (non-hydrogen) atoms. The van der Waals surface area contributed by atoms with Gasteiger partial charge in [0.1, 0.15) is 0 Å². The van der Waals surface area contributed by atoms with Crippen LogP contribution in [0.5, 0.6) is 0 Å². The second-order valence-corrected chi connectivity index (χ2v) is 10.1. The molecule has 184 valence electrons. The molecule has 0 aliphatic heterocycles. The Balaban J connectivity index is -0.000000388. The zero-order chi connectivity index (χ0) is 24.0. The third-order valence-electron chi connectivity index (χ3n) is 3.22. The molecule has 0 saturated heterocycles. The third-order valence-corrected chi connectivity index (χ3v) is 6.38. The second-order valence-electron chi connectivity index (χ2n) is 5.98. The van der Waals surface area contributed by atoms with Gasteiger partial charge in [0.25, 0.3) is 0 Å². The Hall–Kier alpha value is 0.810. The van der Waals surface area contributed by atoms with E-state index in [2.05, 4.69) is 56.0 Å². The molecule has 0 spiro atoms. The number of rotatable bonds is 12. The van der Waals surface area contributed by atoms with Gasteiger partial charge in [-0.25, -0.2) is 0 Å². The van der Waals surface area contributed by atoms with Crippen LogP contribution in [0.2, 0.25) is 0 Å². The first-order valence-corrected chi connectivity index (χ1v) is 16.1. The van der Waals surface area contributed by atoms with Crippen molar-refractivity contribution < 1.29 is 9.47 Å². The minimum Gasteiger partial charge on any atom is -0.479 e. The zero-order valence-electron chi connectivity index (χ0n) is 19.4. The molecule has 0 atom stereocenters. The number of hydrogen-bond acceptors (Lipinski definition) is 10.